The van der Waals surface area contributed by atoms with Crippen LogP contribution in [0, 0.1) is 11.8 Å². The molecule has 1 aromatic heterocycles. The Balaban J connectivity index is 1.45. The lowest BCUT2D eigenvalue weighted by Crippen LogP contribution is -2.20. The quantitative estimate of drug-likeness (QED) is 0.310. The Labute approximate surface area is 194 Å². The average Bonchev–Trinajstić information content (AvgIpc) is 2.79. The minimum absolute atomic E-state index is 0.657. The summed E-state index contributed by atoms with van der Waals surface area (Å²) in [4.78, 5) is 9.02. The predicted molar refractivity (Wildman–Crippen MR) is 131 cm³/mol. The van der Waals surface area contributed by atoms with Gasteiger partial charge in [-0.15, -0.1) is 0 Å². The van der Waals surface area contributed by atoms with Crippen LogP contribution in [0.3, 0.4) is 0 Å². The van der Waals surface area contributed by atoms with E-state index < -0.39 is 0 Å². The zero-order valence-electron chi connectivity index (χ0n) is 19.4. The zero-order valence-corrected chi connectivity index (χ0v) is 20.2. The number of aromatic nitrogens is 2. The number of hydrogen-bond donors (Lipinski definition) is 0. The molecule has 0 saturated heterocycles. The molecule has 0 unspecified atom stereocenters. The topological polar surface area (TPSA) is 35.0 Å². The van der Waals surface area contributed by atoms with E-state index in [0.717, 1.165) is 35.3 Å². The second kappa shape index (κ2) is 13.1. The Bertz CT molecular complexity index is 769. The number of nitrogens with zero attached hydrogens (tertiary/aromatic N) is 2. The first-order valence-electron chi connectivity index (χ1n) is 12.4. The first kappa shape index (κ1) is 24.0. The van der Waals surface area contributed by atoms with E-state index in [2.05, 4.69) is 35.9 Å². The summed E-state index contributed by atoms with van der Waals surface area (Å²) in [6, 6.07) is 6.24. The molecule has 0 aliphatic heterocycles. The van der Waals surface area contributed by atoms with E-state index in [1.54, 1.807) is 12.4 Å². The molecular weight excluding hydrogens is 404 g/mol. The number of benzene rings is 1. The van der Waals surface area contributed by atoms with Crippen molar-refractivity contribution in [2.75, 3.05) is 6.61 Å². The van der Waals surface area contributed by atoms with Gasteiger partial charge in [-0.2, -0.15) is 0 Å². The van der Waals surface area contributed by atoms with Gasteiger partial charge in [0.1, 0.15) is 0 Å². The smallest absolute Gasteiger partial charge is 0.160 e. The van der Waals surface area contributed by atoms with Crippen molar-refractivity contribution in [3.8, 4) is 17.1 Å². The number of hydrogen-bond acceptors (Lipinski definition) is 3. The number of unbranched alkanes of at least 4 members (excludes halogenated alkanes) is 4. The van der Waals surface area contributed by atoms with Crippen LogP contribution in [0.25, 0.3) is 11.4 Å². The van der Waals surface area contributed by atoms with Crippen molar-refractivity contribution in [2.45, 2.75) is 90.9 Å². The van der Waals surface area contributed by atoms with Gasteiger partial charge in [-0.1, -0.05) is 82.9 Å². The molecule has 4 heteroatoms. The minimum atomic E-state index is 0.657. The monoisotopic (exact) mass is 442 g/mol. The summed E-state index contributed by atoms with van der Waals surface area (Å²) in [5, 5.41) is 0.721. The molecule has 1 saturated carbocycles. The molecule has 0 N–H and O–H groups in total. The van der Waals surface area contributed by atoms with Gasteiger partial charge < -0.3 is 4.74 Å². The maximum atomic E-state index is 6.52. The lowest BCUT2D eigenvalue weighted by Gasteiger charge is -2.28. The molecule has 3 nitrogen and oxygen atoms in total. The van der Waals surface area contributed by atoms with Gasteiger partial charge in [0.15, 0.2) is 11.6 Å². The molecule has 1 aliphatic rings. The van der Waals surface area contributed by atoms with Gasteiger partial charge in [0, 0.05) is 5.56 Å². The number of halogens is 1. The highest BCUT2D eigenvalue weighted by Gasteiger charge is 2.21. The Kier molecular flexibility index (Phi) is 10.1. The lowest BCUT2D eigenvalue weighted by molar-refractivity contribution is 0.177. The number of ether oxygens (including phenoxy) is 1. The van der Waals surface area contributed by atoms with Crippen LogP contribution in [0.15, 0.2) is 30.6 Å². The van der Waals surface area contributed by atoms with Gasteiger partial charge in [0.05, 0.1) is 24.0 Å². The van der Waals surface area contributed by atoms with Gasteiger partial charge in [-0.05, 0) is 55.2 Å². The van der Waals surface area contributed by atoms with Crippen LogP contribution in [-0.2, 0) is 6.42 Å². The van der Waals surface area contributed by atoms with Crippen molar-refractivity contribution >= 4 is 11.6 Å². The molecule has 1 heterocycles. The van der Waals surface area contributed by atoms with Gasteiger partial charge >= 0.3 is 0 Å². The van der Waals surface area contributed by atoms with Crippen LogP contribution in [-0.4, -0.2) is 16.6 Å². The van der Waals surface area contributed by atoms with E-state index in [1.807, 2.05) is 6.07 Å². The fourth-order valence-corrected chi connectivity index (χ4v) is 4.88. The summed E-state index contributed by atoms with van der Waals surface area (Å²) in [6.45, 7) is 5.28. The summed E-state index contributed by atoms with van der Waals surface area (Å²) < 4.78 is 6.02. The number of aryl methyl sites for hydroxylation is 1. The summed E-state index contributed by atoms with van der Waals surface area (Å²) in [5.41, 5.74) is 2.16. The first-order chi connectivity index (χ1) is 15.2. The van der Waals surface area contributed by atoms with Crippen molar-refractivity contribution in [3.05, 3.63) is 41.2 Å². The summed E-state index contributed by atoms with van der Waals surface area (Å²) in [5.74, 6) is 3.01. The van der Waals surface area contributed by atoms with E-state index in [-0.39, 0.29) is 0 Å². The third kappa shape index (κ3) is 7.79. The number of rotatable bonds is 12. The third-order valence-corrected chi connectivity index (χ3v) is 6.95. The molecule has 0 radical (unpaired) electrons. The Morgan fingerprint density at radius 3 is 2.26 bits per heavy atom. The van der Waals surface area contributed by atoms with Crippen LogP contribution in [0.5, 0.6) is 5.75 Å². The molecule has 1 aromatic carbocycles. The Morgan fingerprint density at radius 1 is 0.903 bits per heavy atom. The van der Waals surface area contributed by atoms with Crippen LogP contribution in [0.1, 0.15) is 90.0 Å². The molecule has 31 heavy (non-hydrogen) atoms. The molecule has 0 spiro atoms. The summed E-state index contributed by atoms with van der Waals surface area (Å²) >= 11 is 6.52. The lowest BCUT2D eigenvalue weighted by atomic mass is 9.80. The Morgan fingerprint density at radius 2 is 1.58 bits per heavy atom. The van der Waals surface area contributed by atoms with E-state index in [1.165, 1.54) is 76.2 Å². The molecule has 0 amide bonds. The standard InChI is InChI=1S/C27H39ClN2O/c1-3-5-7-9-21-11-13-23(14-12-21)20-31-24-18-29-27(30-19-24)25-16-15-22(17-26(25)28)10-8-6-4-2/h15-19,21,23H,3-14,20H2,1-2H3. The minimum Gasteiger partial charge on any atom is -0.490 e. The summed E-state index contributed by atoms with van der Waals surface area (Å²) in [6.07, 6.45) is 19.1. The first-order valence-corrected chi connectivity index (χ1v) is 12.8. The van der Waals surface area contributed by atoms with E-state index >= 15 is 0 Å². The molecular formula is C27H39ClN2O. The average molecular weight is 443 g/mol. The van der Waals surface area contributed by atoms with Gasteiger partial charge in [-0.25, -0.2) is 9.97 Å². The molecule has 0 bridgehead atoms. The van der Waals surface area contributed by atoms with Gasteiger partial charge in [0.2, 0.25) is 0 Å². The van der Waals surface area contributed by atoms with Gasteiger partial charge in [-0.3, -0.25) is 0 Å². The highest BCUT2D eigenvalue weighted by atomic mass is 35.5. The second-order valence-electron chi connectivity index (χ2n) is 9.21. The molecule has 0 atom stereocenters. The normalized spacial score (nSPS) is 18.8. The van der Waals surface area contributed by atoms with Gasteiger partial charge in [0.25, 0.3) is 0 Å². The molecule has 1 aliphatic carbocycles. The van der Waals surface area contributed by atoms with Crippen molar-refractivity contribution in [3.63, 3.8) is 0 Å². The molecule has 170 valence electrons. The highest BCUT2D eigenvalue weighted by molar-refractivity contribution is 6.33. The van der Waals surface area contributed by atoms with Crippen molar-refractivity contribution in [1.29, 1.82) is 0 Å². The maximum Gasteiger partial charge on any atom is 0.160 e. The van der Waals surface area contributed by atoms with Crippen LogP contribution in [0.2, 0.25) is 5.02 Å². The SMILES string of the molecule is CCCCCc1ccc(-c2ncc(OCC3CCC(CCCCC)CC3)cn2)c(Cl)c1. The van der Waals surface area contributed by atoms with Crippen molar-refractivity contribution in [2.24, 2.45) is 11.8 Å². The zero-order chi connectivity index (χ0) is 21.9. The fraction of sp³-hybridized carbons (Fsp3) is 0.630. The highest BCUT2D eigenvalue weighted by Crippen LogP contribution is 2.32. The van der Waals surface area contributed by atoms with Crippen LogP contribution < -0.4 is 4.74 Å². The van der Waals surface area contributed by atoms with Crippen molar-refractivity contribution < 1.29 is 4.74 Å². The second-order valence-corrected chi connectivity index (χ2v) is 9.61. The molecule has 2 aromatic rings. The predicted octanol–water partition coefficient (Wildman–Crippen LogP) is 8.30. The summed E-state index contributed by atoms with van der Waals surface area (Å²) in [7, 11) is 0. The van der Waals surface area contributed by atoms with Crippen LogP contribution in [0.4, 0.5) is 0 Å². The van der Waals surface area contributed by atoms with E-state index in [9.17, 15) is 0 Å². The van der Waals surface area contributed by atoms with Crippen LogP contribution >= 0.6 is 11.6 Å². The van der Waals surface area contributed by atoms with E-state index in [0.29, 0.717) is 11.7 Å². The molecule has 3 rings (SSSR count). The molecule has 1 fully saturated rings. The Hall–Kier alpha value is -1.61. The maximum absolute atomic E-state index is 6.52. The third-order valence-electron chi connectivity index (χ3n) is 6.64. The largest absolute Gasteiger partial charge is 0.490 e. The van der Waals surface area contributed by atoms with Crippen molar-refractivity contribution in [1.82, 2.24) is 9.97 Å². The fourth-order valence-electron chi connectivity index (χ4n) is 4.59. The van der Waals surface area contributed by atoms with E-state index in [4.69, 9.17) is 16.3 Å².